The standard InChI is InChI=1S/C10H13NO3S/c1-14-8-4-2-7(3-5-8)11-9(6-15)10(12)13/h2-5,9,11,15H,6H2,1H3,(H,12,13)/t9-/m0/s1. The fraction of sp³-hybridized carbons (Fsp3) is 0.300. The molecule has 0 amide bonds. The number of benzene rings is 1. The number of carbonyl (C=O) groups is 1. The van der Waals surface area contributed by atoms with E-state index in [0.29, 0.717) is 0 Å². The van der Waals surface area contributed by atoms with Crippen molar-refractivity contribution >= 4 is 24.3 Å². The third-order valence-corrected chi connectivity index (χ3v) is 2.28. The number of ether oxygens (including phenoxy) is 1. The number of rotatable bonds is 5. The highest BCUT2D eigenvalue weighted by Crippen LogP contribution is 2.15. The number of anilines is 1. The summed E-state index contributed by atoms with van der Waals surface area (Å²) in [6.07, 6.45) is 0. The minimum atomic E-state index is -0.916. The van der Waals surface area contributed by atoms with Crippen molar-refractivity contribution in [2.45, 2.75) is 6.04 Å². The Hall–Kier alpha value is -1.36. The van der Waals surface area contributed by atoms with Gasteiger partial charge in [-0.15, -0.1) is 0 Å². The number of hydrogen-bond acceptors (Lipinski definition) is 4. The molecule has 0 aliphatic carbocycles. The summed E-state index contributed by atoms with van der Waals surface area (Å²) in [6.45, 7) is 0. The van der Waals surface area contributed by atoms with Gasteiger partial charge >= 0.3 is 5.97 Å². The van der Waals surface area contributed by atoms with E-state index in [4.69, 9.17) is 9.84 Å². The zero-order valence-electron chi connectivity index (χ0n) is 8.30. The minimum absolute atomic E-state index is 0.237. The fourth-order valence-corrected chi connectivity index (χ4v) is 1.32. The van der Waals surface area contributed by atoms with Crippen LogP contribution in [-0.2, 0) is 4.79 Å². The monoisotopic (exact) mass is 227 g/mol. The number of thiol groups is 1. The van der Waals surface area contributed by atoms with Gasteiger partial charge in [0.2, 0.25) is 0 Å². The molecule has 0 radical (unpaired) electrons. The highest BCUT2D eigenvalue weighted by Gasteiger charge is 2.14. The van der Waals surface area contributed by atoms with Gasteiger partial charge in [0.15, 0.2) is 0 Å². The van der Waals surface area contributed by atoms with Gasteiger partial charge in [-0.05, 0) is 24.3 Å². The number of methoxy groups -OCH3 is 1. The molecular weight excluding hydrogens is 214 g/mol. The lowest BCUT2D eigenvalue weighted by atomic mass is 10.2. The van der Waals surface area contributed by atoms with E-state index < -0.39 is 12.0 Å². The summed E-state index contributed by atoms with van der Waals surface area (Å²) < 4.78 is 4.99. The van der Waals surface area contributed by atoms with Crippen molar-refractivity contribution in [3.63, 3.8) is 0 Å². The van der Waals surface area contributed by atoms with Crippen molar-refractivity contribution in [3.05, 3.63) is 24.3 Å². The molecule has 0 saturated carbocycles. The van der Waals surface area contributed by atoms with Crippen LogP contribution >= 0.6 is 12.6 Å². The summed E-state index contributed by atoms with van der Waals surface area (Å²) >= 11 is 3.96. The van der Waals surface area contributed by atoms with Gasteiger partial charge in [0, 0.05) is 11.4 Å². The normalized spacial score (nSPS) is 11.9. The fourth-order valence-electron chi connectivity index (χ4n) is 1.07. The lowest BCUT2D eigenvalue weighted by Gasteiger charge is -2.13. The van der Waals surface area contributed by atoms with Crippen LogP contribution in [0, 0.1) is 0 Å². The van der Waals surface area contributed by atoms with Gasteiger partial charge in [0.05, 0.1) is 7.11 Å². The third-order valence-electron chi connectivity index (χ3n) is 1.91. The Bertz CT molecular complexity index is 326. The van der Waals surface area contributed by atoms with Crippen molar-refractivity contribution in [2.75, 3.05) is 18.2 Å². The van der Waals surface area contributed by atoms with Gasteiger partial charge in [-0.3, -0.25) is 0 Å². The number of nitrogens with one attached hydrogen (secondary N) is 1. The summed E-state index contributed by atoms with van der Waals surface area (Å²) in [5, 5.41) is 11.6. The molecule has 4 nitrogen and oxygen atoms in total. The minimum Gasteiger partial charge on any atom is -0.497 e. The molecule has 82 valence electrons. The van der Waals surface area contributed by atoms with Gasteiger partial charge in [-0.25, -0.2) is 4.79 Å². The maximum Gasteiger partial charge on any atom is 0.326 e. The van der Waals surface area contributed by atoms with Crippen molar-refractivity contribution in [1.29, 1.82) is 0 Å². The SMILES string of the molecule is COc1ccc(N[C@@H](CS)C(=O)O)cc1. The van der Waals surface area contributed by atoms with Gasteiger partial charge in [0.1, 0.15) is 11.8 Å². The Labute approximate surface area is 93.7 Å². The summed E-state index contributed by atoms with van der Waals surface area (Å²) in [4.78, 5) is 10.7. The first-order valence-electron chi connectivity index (χ1n) is 4.41. The van der Waals surface area contributed by atoms with Crippen LogP contribution in [0.1, 0.15) is 0 Å². The van der Waals surface area contributed by atoms with Crippen LogP contribution in [0.2, 0.25) is 0 Å². The van der Waals surface area contributed by atoms with Gasteiger partial charge in [-0.2, -0.15) is 12.6 Å². The first-order valence-corrected chi connectivity index (χ1v) is 5.05. The van der Waals surface area contributed by atoms with Crippen LogP contribution in [0.3, 0.4) is 0 Å². The van der Waals surface area contributed by atoms with Crippen molar-refractivity contribution in [2.24, 2.45) is 0 Å². The molecule has 0 fully saturated rings. The van der Waals surface area contributed by atoms with Gasteiger partial charge < -0.3 is 15.2 Å². The summed E-state index contributed by atoms with van der Waals surface area (Å²) in [7, 11) is 1.58. The van der Waals surface area contributed by atoms with E-state index in [1.807, 2.05) is 0 Å². The van der Waals surface area contributed by atoms with E-state index in [0.717, 1.165) is 11.4 Å². The molecule has 0 aromatic heterocycles. The Morgan fingerprint density at radius 3 is 2.53 bits per heavy atom. The van der Waals surface area contributed by atoms with Crippen molar-refractivity contribution in [3.8, 4) is 5.75 Å². The molecule has 5 heteroatoms. The highest BCUT2D eigenvalue weighted by atomic mass is 32.1. The van der Waals surface area contributed by atoms with Crippen molar-refractivity contribution < 1.29 is 14.6 Å². The molecule has 1 rings (SSSR count). The molecule has 1 aromatic rings. The Balaban J connectivity index is 2.67. The average Bonchev–Trinajstić information content (AvgIpc) is 2.26. The maximum atomic E-state index is 10.7. The smallest absolute Gasteiger partial charge is 0.326 e. The van der Waals surface area contributed by atoms with Gasteiger partial charge in [0.25, 0.3) is 0 Å². The van der Waals surface area contributed by atoms with E-state index in [9.17, 15) is 4.79 Å². The quantitative estimate of drug-likeness (QED) is 0.667. The number of hydrogen-bond donors (Lipinski definition) is 3. The molecule has 2 N–H and O–H groups in total. The zero-order valence-corrected chi connectivity index (χ0v) is 9.20. The Morgan fingerprint density at radius 2 is 2.13 bits per heavy atom. The lowest BCUT2D eigenvalue weighted by molar-refractivity contribution is -0.137. The molecule has 0 heterocycles. The van der Waals surface area contributed by atoms with E-state index in [2.05, 4.69) is 17.9 Å². The predicted molar refractivity (Wildman–Crippen MR) is 61.9 cm³/mol. The third kappa shape index (κ3) is 3.36. The molecule has 0 bridgehead atoms. The van der Waals surface area contributed by atoms with Crippen molar-refractivity contribution in [1.82, 2.24) is 0 Å². The van der Waals surface area contributed by atoms with Crippen LogP contribution in [0.25, 0.3) is 0 Å². The van der Waals surface area contributed by atoms with Crippen LogP contribution < -0.4 is 10.1 Å². The molecule has 0 aliphatic heterocycles. The van der Waals surface area contributed by atoms with Gasteiger partial charge in [-0.1, -0.05) is 0 Å². The second-order valence-corrected chi connectivity index (χ2v) is 3.31. The number of carboxylic acids is 1. The molecular formula is C10H13NO3S. The summed E-state index contributed by atoms with van der Waals surface area (Å²) in [6, 6.07) is 6.37. The van der Waals surface area contributed by atoms with Crippen LogP contribution in [0.15, 0.2) is 24.3 Å². The van der Waals surface area contributed by atoms with E-state index in [1.54, 1.807) is 31.4 Å². The maximum absolute atomic E-state index is 10.7. The molecule has 1 aromatic carbocycles. The zero-order chi connectivity index (χ0) is 11.3. The largest absolute Gasteiger partial charge is 0.497 e. The first kappa shape index (κ1) is 11.7. The summed E-state index contributed by atoms with van der Waals surface area (Å²) in [5.41, 5.74) is 0.734. The molecule has 0 saturated heterocycles. The van der Waals surface area contributed by atoms with E-state index in [1.165, 1.54) is 0 Å². The Kier molecular flexibility index (Phi) is 4.30. The molecule has 0 aliphatic rings. The first-order chi connectivity index (χ1) is 7.17. The topological polar surface area (TPSA) is 58.6 Å². The van der Waals surface area contributed by atoms with Crippen LogP contribution in [0.5, 0.6) is 5.75 Å². The molecule has 0 unspecified atom stereocenters. The van der Waals surface area contributed by atoms with Crippen LogP contribution in [0.4, 0.5) is 5.69 Å². The lowest BCUT2D eigenvalue weighted by Crippen LogP contribution is -2.30. The van der Waals surface area contributed by atoms with Crippen LogP contribution in [-0.4, -0.2) is 30.0 Å². The summed E-state index contributed by atoms with van der Waals surface area (Å²) in [5.74, 6) is 0.0561. The Morgan fingerprint density at radius 1 is 1.53 bits per heavy atom. The predicted octanol–water partition coefficient (Wildman–Crippen LogP) is 1.49. The number of carboxylic acid groups (broad SMARTS) is 1. The highest BCUT2D eigenvalue weighted by molar-refractivity contribution is 7.80. The average molecular weight is 227 g/mol. The second kappa shape index (κ2) is 5.50. The van der Waals surface area contributed by atoms with E-state index >= 15 is 0 Å². The molecule has 1 atom stereocenters. The van der Waals surface area contributed by atoms with E-state index in [-0.39, 0.29) is 5.75 Å². The molecule has 0 spiro atoms. The second-order valence-electron chi connectivity index (χ2n) is 2.95. The molecule has 15 heavy (non-hydrogen) atoms. The number of aliphatic carboxylic acids is 1.